The zero-order valence-electron chi connectivity index (χ0n) is 8.01. The summed E-state index contributed by atoms with van der Waals surface area (Å²) in [5.41, 5.74) is 3.10. The molecule has 0 atom stereocenters. The average Bonchev–Trinajstić information content (AvgIpc) is 2.23. The summed E-state index contributed by atoms with van der Waals surface area (Å²) in [5.74, 6) is 0. The summed E-state index contributed by atoms with van der Waals surface area (Å²) in [6.07, 6.45) is 5.62. The van der Waals surface area contributed by atoms with E-state index >= 15 is 0 Å². The molecule has 2 rings (SSSR count). The lowest BCUT2D eigenvalue weighted by atomic mass is 10.1. The van der Waals surface area contributed by atoms with E-state index in [0.717, 1.165) is 17.0 Å². The Labute approximate surface area is 83.7 Å². The molecule has 2 aromatic heterocycles. The standard InChI is InChI=1S/C12H11N2/c1-10-11(5-4-8-13-10)9-12-6-2-3-7-14-12/h2-9H,1H3. The molecule has 0 fully saturated rings. The highest BCUT2D eigenvalue weighted by atomic mass is 14.7. The molecule has 2 aromatic rings. The minimum absolute atomic E-state index is 0.962. The molecule has 0 unspecified atom stereocenters. The summed E-state index contributed by atoms with van der Waals surface area (Å²) in [7, 11) is 0. The summed E-state index contributed by atoms with van der Waals surface area (Å²) >= 11 is 0. The maximum atomic E-state index is 4.23. The number of nitrogens with zero attached hydrogens (tertiary/aromatic N) is 2. The fraction of sp³-hybridized carbons (Fsp3) is 0.0833. The van der Waals surface area contributed by atoms with Crippen molar-refractivity contribution in [2.75, 3.05) is 0 Å². The van der Waals surface area contributed by atoms with E-state index in [-0.39, 0.29) is 0 Å². The van der Waals surface area contributed by atoms with Crippen LogP contribution in [0.3, 0.4) is 0 Å². The van der Waals surface area contributed by atoms with Crippen LogP contribution in [0.25, 0.3) is 0 Å². The van der Waals surface area contributed by atoms with Gasteiger partial charge < -0.3 is 0 Å². The second-order valence-corrected chi connectivity index (χ2v) is 3.08. The van der Waals surface area contributed by atoms with Crippen LogP contribution in [0.5, 0.6) is 0 Å². The summed E-state index contributed by atoms with van der Waals surface area (Å²) in [6, 6.07) is 9.84. The van der Waals surface area contributed by atoms with Gasteiger partial charge in [-0.3, -0.25) is 9.97 Å². The van der Waals surface area contributed by atoms with Crippen LogP contribution in [0.1, 0.15) is 17.0 Å². The molecular weight excluding hydrogens is 172 g/mol. The Balaban J connectivity index is 2.24. The van der Waals surface area contributed by atoms with E-state index in [1.165, 1.54) is 0 Å². The van der Waals surface area contributed by atoms with Crippen molar-refractivity contribution in [1.82, 2.24) is 9.97 Å². The molecule has 14 heavy (non-hydrogen) atoms. The van der Waals surface area contributed by atoms with Crippen molar-refractivity contribution < 1.29 is 0 Å². The molecule has 2 heteroatoms. The van der Waals surface area contributed by atoms with Gasteiger partial charge in [-0.15, -0.1) is 0 Å². The highest BCUT2D eigenvalue weighted by Gasteiger charge is 2.00. The van der Waals surface area contributed by atoms with Crippen LogP contribution in [0.4, 0.5) is 0 Å². The van der Waals surface area contributed by atoms with Crippen molar-refractivity contribution >= 4 is 0 Å². The first-order valence-corrected chi connectivity index (χ1v) is 4.53. The molecular formula is C12H11N2. The van der Waals surface area contributed by atoms with Gasteiger partial charge in [0.1, 0.15) is 0 Å². The molecule has 1 radical (unpaired) electrons. The van der Waals surface area contributed by atoms with E-state index < -0.39 is 0 Å². The van der Waals surface area contributed by atoms with Crippen LogP contribution in [0, 0.1) is 13.3 Å². The van der Waals surface area contributed by atoms with Crippen LogP contribution < -0.4 is 0 Å². The molecule has 0 spiro atoms. The molecule has 0 saturated carbocycles. The predicted octanol–water partition coefficient (Wildman–Crippen LogP) is 2.39. The fourth-order valence-corrected chi connectivity index (χ4v) is 1.27. The molecule has 69 valence electrons. The molecule has 0 aromatic carbocycles. The van der Waals surface area contributed by atoms with Crippen molar-refractivity contribution in [3.05, 3.63) is 66.1 Å². The quantitative estimate of drug-likeness (QED) is 0.714. The van der Waals surface area contributed by atoms with E-state index in [9.17, 15) is 0 Å². The zero-order chi connectivity index (χ0) is 9.80. The van der Waals surface area contributed by atoms with Gasteiger partial charge in [-0.1, -0.05) is 12.1 Å². The molecule has 0 aliphatic carbocycles. The first kappa shape index (κ1) is 8.88. The summed E-state index contributed by atoms with van der Waals surface area (Å²) in [4.78, 5) is 8.45. The fourth-order valence-electron chi connectivity index (χ4n) is 1.27. The number of rotatable bonds is 2. The largest absolute Gasteiger partial charge is 0.261 e. The predicted molar refractivity (Wildman–Crippen MR) is 55.7 cm³/mol. The molecule has 0 saturated heterocycles. The van der Waals surface area contributed by atoms with Crippen molar-refractivity contribution in [3.8, 4) is 0 Å². The Morgan fingerprint density at radius 1 is 1.00 bits per heavy atom. The number of hydrogen-bond acceptors (Lipinski definition) is 2. The third-order valence-corrected chi connectivity index (χ3v) is 2.04. The third kappa shape index (κ3) is 1.96. The van der Waals surface area contributed by atoms with E-state index in [1.807, 2.05) is 43.7 Å². The van der Waals surface area contributed by atoms with E-state index in [2.05, 4.69) is 9.97 Å². The number of hydrogen-bond donors (Lipinski definition) is 0. The van der Waals surface area contributed by atoms with Crippen LogP contribution >= 0.6 is 0 Å². The summed E-state index contributed by atoms with van der Waals surface area (Å²) in [5, 5.41) is 0. The lowest BCUT2D eigenvalue weighted by Crippen LogP contribution is -1.93. The second-order valence-electron chi connectivity index (χ2n) is 3.08. The first-order valence-electron chi connectivity index (χ1n) is 4.53. The monoisotopic (exact) mass is 183 g/mol. The lowest BCUT2D eigenvalue weighted by molar-refractivity contribution is 1.13. The maximum Gasteiger partial charge on any atom is 0.0489 e. The molecule has 0 aliphatic rings. The minimum Gasteiger partial charge on any atom is -0.261 e. The molecule has 0 amide bonds. The minimum atomic E-state index is 0.962. The summed E-state index contributed by atoms with van der Waals surface area (Å²) < 4.78 is 0. The highest BCUT2D eigenvalue weighted by molar-refractivity contribution is 5.34. The number of aromatic nitrogens is 2. The topological polar surface area (TPSA) is 25.8 Å². The Morgan fingerprint density at radius 2 is 1.86 bits per heavy atom. The SMILES string of the molecule is Cc1ncccc1[CH]c1ccccn1. The number of aryl methyl sites for hydroxylation is 1. The first-order chi connectivity index (χ1) is 6.86. The number of pyridine rings is 2. The van der Waals surface area contributed by atoms with Crippen LogP contribution in [0.15, 0.2) is 42.7 Å². The van der Waals surface area contributed by atoms with E-state index in [1.54, 1.807) is 12.4 Å². The van der Waals surface area contributed by atoms with Gasteiger partial charge in [-0.2, -0.15) is 0 Å². The van der Waals surface area contributed by atoms with Crippen molar-refractivity contribution in [3.63, 3.8) is 0 Å². The maximum absolute atomic E-state index is 4.23. The molecule has 0 aliphatic heterocycles. The molecule has 2 heterocycles. The molecule has 2 nitrogen and oxygen atoms in total. The Bertz CT molecular complexity index is 410. The van der Waals surface area contributed by atoms with Gasteiger partial charge in [0, 0.05) is 30.2 Å². The normalized spacial score (nSPS) is 10.1. The Morgan fingerprint density at radius 3 is 2.57 bits per heavy atom. The van der Waals surface area contributed by atoms with Crippen molar-refractivity contribution in [2.24, 2.45) is 0 Å². The Hall–Kier alpha value is -1.70. The van der Waals surface area contributed by atoms with Crippen LogP contribution in [-0.2, 0) is 0 Å². The van der Waals surface area contributed by atoms with Gasteiger partial charge >= 0.3 is 0 Å². The summed E-state index contributed by atoms with van der Waals surface area (Å²) in [6.45, 7) is 1.99. The van der Waals surface area contributed by atoms with E-state index in [4.69, 9.17) is 0 Å². The van der Waals surface area contributed by atoms with Gasteiger partial charge in [0.15, 0.2) is 0 Å². The van der Waals surface area contributed by atoms with E-state index in [0.29, 0.717) is 0 Å². The highest BCUT2D eigenvalue weighted by Crippen LogP contribution is 2.11. The van der Waals surface area contributed by atoms with Gasteiger partial charge in [0.2, 0.25) is 0 Å². The van der Waals surface area contributed by atoms with Crippen LogP contribution in [0.2, 0.25) is 0 Å². The van der Waals surface area contributed by atoms with Gasteiger partial charge in [-0.05, 0) is 30.7 Å². The van der Waals surface area contributed by atoms with Gasteiger partial charge in [-0.25, -0.2) is 0 Å². The average molecular weight is 183 g/mol. The van der Waals surface area contributed by atoms with Gasteiger partial charge in [0.05, 0.1) is 0 Å². The lowest BCUT2D eigenvalue weighted by Gasteiger charge is -2.02. The van der Waals surface area contributed by atoms with Crippen LogP contribution in [-0.4, -0.2) is 9.97 Å². The third-order valence-electron chi connectivity index (χ3n) is 2.04. The van der Waals surface area contributed by atoms with Crippen molar-refractivity contribution in [1.29, 1.82) is 0 Å². The molecule has 0 bridgehead atoms. The second kappa shape index (κ2) is 4.01. The van der Waals surface area contributed by atoms with Crippen molar-refractivity contribution in [2.45, 2.75) is 6.92 Å². The smallest absolute Gasteiger partial charge is 0.0489 e. The zero-order valence-corrected chi connectivity index (χ0v) is 8.01. The molecule has 0 N–H and O–H groups in total. The van der Waals surface area contributed by atoms with Gasteiger partial charge in [0.25, 0.3) is 0 Å². The Kier molecular flexibility index (Phi) is 2.54.